The fourth-order valence-electron chi connectivity index (χ4n) is 1.05. The van der Waals surface area contributed by atoms with E-state index in [2.05, 4.69) is 17.6 Å². The van der Waals surface area contributed by atoms with Gasteiger partial charge < -0.3 is 10.6 Å². The quantitative estimate of drug-likeness (QED) is 0.775. The second-order valence-corrected chi connectivity index (χ2v) is 3.80. The summed E-state index contributed by atoms with van der Waals surface area (Å²) in [5.41, 5.74) is 0.401. The third kappa shape index (κ3) is 3.83. The molecule has 0 saturated carbocycles. The summed E-state index contributed by atoms with van der Waals surface area (Å²) in [6, 6.07) is 6.74. The van der Waals surface area contributed by atoms with E-state index < -0.39 is 0 Å². The first-order valence-corrected chi connectivity index (χ1v) is 5.36. The van der Waals surface area contributed by atoms with E-state index in [0.29, 0.717) is 10.8 Å². The zero-order chi connectivity index (χ0) is 11.3. The van der Waals surface area contributed by atoms with Gasteiger partial charge in [-0.15, -0.1) is 0 Å². The summed E-state index contributed by atoms with van der Waals surface area (Å²) >= 11 is 5.05. The summed E-state index contributed by atoms with van der Waals surface area (Å²) in [5.74, 6) is -0.300. The second kappa shape index (κ2) is 5.66. The average Bonchev–Trinajstić information content (AvgIpc) is 2.21. The molecule has 0 amide bonds. The van der Waals surface area contributed by atoms with Gasteiger partial charge in [-0.1, -0.05) is 19.1 Å². The van der Waals surface area contributed by atoms with Gasteiger partial charge in [0.05, 0.1) is 5.69 Å². The van der Waals surface area contributed by atoms with Crippen LogP contribution in [0.3, 0.4) is 0 Å². The Kier molecular flexibility index (Phi) is 4.49. The van der Waals surface area contributed by atoms with Crippen molar-refractivity contribution in [3.63, 3.8) is 0 Å². The molecule has 0 spiro atoms. The molecule has 1 atom stereocenters. The molecule has 4 heteroatoms. The molecule has 0 aromatic heterocycles. The molecule has 0 radical (unpaired) electrons. The van der Waals surface area contributed by atoms with Crippen molar-refractivity contribution < 1.29 is 4.39 Å². The fraction of sp³-hybridized carbons (Fsp3) is 0.364. The Balaban J connectivity index is 2.55. The molecule has 0 heterocycles. The number of thiocarbonyl (C=S) groups is 1. The van der Waals surface area contributed by atoms with Crippen molar-refractivity contribution in [2.75, 3.05) is 5.32 Å². The highest BCUT2D eigenvalue weighted by Gasteiger charge is 2.04. The van der Waals surface area contributed by atoms with Crippen LogP contribution in [-0.2, 0) is 0 Å². The maximum absolute atomic E-state index is 13.2. The fourth-order valence-corrected chi connectivity index (χ4v) is 1.36. The molecular formula is C11H15FN2S. The SMILES string of the molecule is CCC(C)NC(=S)Nc1ccccc1F. The van der Waals surface area contributed by atoms with Gasteiger partial charge in [-0.25, -0.2) is 4.39 Å². The van der Waals surface area contributed by atoms with Gasteiger partial charge in [0.15, 0.2) is 5.11 Å². The summed E-state index contributed by atoms with van der Waals surface area (Å²) in [6.45, 7) is 4.08. The van der Waals surface area contributed by atoms with E-state index in [1.54, 1.807) is 18.2 Å². The molecule has 2 nitrogen and oxygen atoms in total. The van der Waals surface area contributed by atoms with Crippen LogP contribution in [0.2, 0.25) is 0 Å². The standard InChI is InChI=1S/C11H15FN2S/c1-3-8(2)13-11(15)14-10-7-5-4-6-9(10)12/h4-8H,3H2,1-2H3,(H2,13,14,15). The third-order valence-electron chi connectivity index (χ3n) is 2.11. The molecule has 15 heavy (non-hydrogen) atoms. The molecule has 1 unspecified atom stereocenters. The van der Waals surface area contributed by atoms with E-state index in [0.717, 1.165) is 6.42 Å². The van der Waals surface area contributed by atoms with Gasteiger partial charge in [-0.3, -0.25) is 0 Å². The van der Waals surface area contributed by atoms with Crippen molar-refractivity contribution in [1.82, 2.24) is 5.32 Å². The Labute approximate surface area is 94.9 Å². The molecule has 0 aliphatic heterocycles. The predicted molar refractivity (Wildman–Crippen MR) is 65.5 cm³/mol. The summed E-state index contributed by atoms with van der Waals surface area (Å²) < 4.78 is 13.2. The van der Waals surface area contributed by atoms with E-state index in [1.165, 1.54) is 6.07 Å². The topological polar surface area (TPSA) is 24.1 Å². The van der Waals surface area contributed by atoms with Gasteiger partial charge in [-0.2, -0.15) is 0 Å². The van der Waals surface area contributed by atoms with Crippen LogP contribution in [0.25, 0.3) is 0 Å². The minimum absolute atomic E-state index is 0.289. The van der Waals surface area contributed by atoms with Gasteiger partial charge >= 0.3 is 0 Å². The molecular weight excluding hydrogens is 211 g/mol. The van der Waals surface area contributed by atoms with Crippen molar-refractivity contribution in [3.8, 4) is 0 Å². The van der Waals surface area contributed by atoms with E-state index >= 15 is 0 Å². The van der Waals surface area contributed by atoms with Crippen LogP contribution in [0.4, 0.5) is 10.1 Å². The third-order valence-corrected chi connectivity index (χ3v) is 2.33. The van der Waals surface area contributed by atoms with Crippen LogP contribution in [0.1, 0.15) is 20.3 Å². The van der Waals surface area contributed by atoms with Gasteiger partial charge in [-0.05, 0) is 37.7 Å². The zero-order valence-electron chi connectivity index (χ0n) is 8.88. The van der Waals surface area contributed by atoms with E-state index in [-0.39, 0.29) is 11.9 Å². The summed E-state index contributed by atoms with van der Waals surface area (Å²) in [4.78, 5) is 0. The smallest absolute Gasteiger partial charge is 0.171 e. The lowest BCUT2D eigenvalue weighted by Crippen LogP contribution is -2.35. The number of anilines is 1. The Morgan fingerprint density at radius 2 is 2.13 bits per heavy atom. The predicted octanol–water partition coefficient (Wildman–Crippen LogP) is 2.91. The van der Waals surface area contributed by atoms with Crippen LogP contribution in [0, 0.1) is 5.82 Å². The highest BCUT2D eigenvalue weighted by Crippen LogP contribution is 2.11. The van der Waals surface area contributed by atoms with Crippen molar-refractivity contribution in [3.05, 3.63) is 30.1 Å². The number of para-hydroxylation sites is 1. The van der Waals surface area contributed by atoms with E-state index in [1.807, 2.05) is 6.92 Å². The maximum atomic E-state index is 13.2. The summed E-state index contributed by atoms with van der Waals surface area (Å²) in [6.07, 6.45) is 0.971. The van der Waals surface area contributed by atoms with Crippen LogP contribution in [0.15, 0.2) is 24.3 Å². The van der Waals surface area contributed by atoms with Crippen LogP contribution >= 0.6 is 12.2 Å². The minimum atomic E-state index is -0.300. The van der Waals surface area contributed by atoms with Gasteiger partial charge in [0, 0.05) is 6.04 Å². The second-order valence-electron chi connectivity index (χ2n) is 3.39. The van der Waals surface area contributed by atoms with E-state index in [4.69, 9.17) is 12.2 Å². The number of nitrogens with one attached hydrogen (secondary N) is 2. The lowest BCUT2D eigenvalue weighted by molar-refractivity contribution is 0.629. The molecule has 0 aliphatic rings. The minimum Gasteiger partial charge on any atom is -0.360 e. The molecule has 0 saturated heterocycles. The van der Waals surface area contributed by atoms with Crippen molar-refractivity contribution in [2.24, 2.45) is 0 Å². The molecule has 2 N–H and O–H groups in total. The Hall–Kier alpha value is -1.16. The normalized spacial score (nSPS) is 11.9. The molecule has 82 valence electrons. The number of halogens is 1. The van der Waals surface area contributed by atoms with Crippen molar-refractivity contribution >= 4 is 23.0 Å². The number of benzene rings is 1. The average molecular weight is 226 g/mol. The van der Waals surface area contributed by atoms with Crippen LogP contribution in [0.5, 0.6) is 0 Å². The zero-order valence-corrected chi connectivity index (χ0v) is 9.70. The molecule has 1 aromatic rings. The van der Waals surface area contributed by atoms with Gasteiger partial charge in [0.25, 0.3) is 0 Å². The first-order valence-electron chi connectivity index (χ1n) is 4.95. The van der Waals surface area contributed by atoms with Crippen molar-refractivity contribution in [2.45, 2.75) is 26.3 Å². The Morgan fingerprint density at radius 3 is 2.73 bits per heavy atom. The summed E-state index contributed by atoms with van der Waals surface area (Å²) in [5, 5.41) is 6.33. The Morgan fingerprint density at radius 1 is 1.47 bits per heavy atom. The highest BCUT2D eigenvalue weighted by molar-refractivity contribution is 7.80. The lowest BCUT2D eigenvalue weighted by Gasteiger charge is -2.15. The number of hydrogen-bond donors (Lipinski definition) is 2. The van der Waals surface area contributed by atoms with Crippen molar-refractivity contribution in [1.29, 1.82) is 0 Å². The van der Waals surface area contributed by atoms with E-state index in [9.17, 15) is 4.39 Å². The van der Waals surface area contributed by atoms with Gasteiger partial charge in [0.2, 0.25) is 0 Å². The summed E-state index contributed by atoms with van der Waals surface area (Å²) in [7, 11) is 0. The van der Waals surface area contributed by atoms with Crippen LogP contribution < -0.4 is 10.6 Å². The molecule has 0 aliphatic carbocycles. The molecule has 0 fully saturated rings. The molecule has 0 bridgehead atoms. The first-order chi connectivity index (χ1) is 7.13. The number of rotatable bonds is 3. The lowest BCUT2D eigenvalue weighted by atomic mass is 10.3. The molecule has 1 aromatic carbocycles. The first kappa shape index (κ1) is 11.9. The van der Waals surface area contributed by atoms with Crippen LogP contribution in [-0.4, -0.2) is 11.2 Å². The number of hydrogen-bond acceptors (Lipinski definition) is 1. The monoisotopic (exact) mass is 226 g/mol. The largest absolute Gasteiger partial charge is 0.360 e. The Bertz CT molecular complexity index is 341. The molecule has 1 rings (SSSR count). The van der Waals surface area contributed by atoms with Gasteiger partial charge in [0.1, 0.15) is 5.82 Å². The highest BCUT2D eigenvalue weighted by atomic mass is 32.1. The maximum Gasteiger partial charge on any atom is 0.171 e.